The molecule has 0 spiro atoms. The molecule has 0 aliphatic carbocycles. The van der Waals surface area contributed by atoms with E-state index >= 15 is 0 Å². The lowest BCUT2D eigenvalue weighted by molar-refractivity contribution is -0.121. The summed E-state index contributed by atoms with van der Waals surface area (Å²) in [5.41, 5.74) is 8.08. The van der Waals surface area contributed by atoms with Crippen LogP contribution < -0.4 is 11.1 Å². The second kappa shape index (κ2) is 9.82. The summed E-state index contributed by atoms with van der Waals surface area (Å²) in [5, 5.41) is 12.5. The molecule has 38 heavy (non-hydrogen) atoms. The first-order valence-corrected chi connectivity index (χ1v) is 13.4. The van der Waals surface area contributed by atoms with E-state index < -0.39 is 21.9 Å². The van der Waals surface area contributed by atoms with E-state index in [2.05, 4.69) is 5.32 Å². The predicted octanol–water partition coefficient (Wildman–Crippen LogP) is 4.60. The topological polar surface area (TPSA) is 135 Å². The first kappa shape index (κ1) is 25.3. The Hall–Kier alpha value is -4.38. The molecular weight excluding hydrogens is 511 g/mol. The molecule has 1 aliphatic heterocycles. The molecule has 196 valence electrons. The number of anilines is 2. The summed E-state index contributed by atoms with van der Waals surface area (Å²) in [6.07, 6.45) is 1.22. The SMILES string of the molecule is Nc1ccc(-c2cn(S(=O)(=O)c3ccccc3)c3cc(F)ccc23)cc1NC(=O)C1CCN(C(=O)O)CC1. The van der Waals surface area contributed by atoms with Gasteiger partial charge in [-0.1, -0.05) is 24.3 Å². The highest BCUT2D eigenvalue weighted by Crippen LogP contribution is 2.36. The number of benzene rings is 3. The Morgan fingerprint density at radius 2 is 1.71 bits per heavy atom. The maximum atomic E-state index is 14.2. The Labute approximate surface area is 218 Å². The fraction of sp³-hybridized carbons (Fsp3) is 0.185. The molecule has 9 nitrogen and oxygen atoms in total. The van der Waals surface area contributed by atoms with Gasteiger partial charge in [-0.15, -0.1) is 0 Å². The molecule has 4 aromatic rings. The average molecular weight is 537 g/mol. The molecule has 1 aliphatic rings. The number of nitrogen functional groups attached to an aromatic ring is 1. The highest BCUT2D eigenvalue weighted by molar-refractivity contribution is 7.90. The van der Waals surface area contributed by atoms with Crippen LogP contribution >= 0.6 is 0 Å². The molecule has 0 bridgehead atoms. The third kappa shape index (κ3) is 4.68. The zero-order valence-corrected chi connectivity index (χ0v) is 21.0. The molecule has 1 aromatic heterocycles. The average Bonchev–Trinajstić information content (AvgIpc) is 3.30. The van der Waals surface area contributed by atoms with Crippen molar-refractivity contribution >= 4 is 44.3 Å². The Bertz CT molecular complexity index is 1650. The normalized spacial score (nSPS) is 14.5. The smallest absolute Gasteiger partial charge is 0.407 e. The Morgan fingerprint density at radius 3 is 2.39 bits per heavy atom. The summed E-state index contributed by atoms with van der Waals surface area (Å²) in [6, 6.07) is 16.8. The number of nitrogens with one attached hydrogen (secondary N) is 1. The summed E-state index contributed by atoms with van der Waals surface area (Å²) in [7, 11) is -4.02. The molecule has 2 heterocycles. The van der Waals surface area contributed by atoms with Crippen LogP contribution in [0.25, 0.3) is 22.0 Å². The number of aromatic nitrogens is 1. The highest BCUT2D eigenvalue weighted by atomic mass is 32.2. The highest BCUT2D eigenvalue weighted by Gasteiger charge is 2.28. The number of carbonyl (C=O) groups is 2. The van der Waals surface area contributed by atoms with Crippen LogP contribution in [0.4, 0.5) is 20.6 Å². The van der Waals surface area contributed by atoms with Crippen LogP contribution in [0.3, 0.4) is 0 Å². The zero-order chi connectivity index (χ0) is 27.0. The van der Waals surface area contributed by atoms with Crippen molar-refractivity contribution in [3.05, 3.63) is 78.7 Å². The van der Waals surface area contributed by atoms with Crippen molar-refractivity contribution in [2.24, 2.45) is 5.92 Å². The molecule has 0 unspecified atom stereocenters. The fourth-order valence-electron chi connectivity index (χ4n) is 4.71. The molecule has 1 fully saturated rings. The van der Waals surface area contributed by atoms with E-state index in [9.17, 15) is 22.4 Å². The summed E-state index contributed by atoms with van der Waals surface area (Å²) in [5.74, 6) is -1.21. The number of carboxylic acid groups (broad SMARTS) is 1. The molecule has 0 atom stereocenters. The van der Waals surface area contributed by atoms with Crippen molar-refractivity contribution in [3.8, 4) is 11.1 Å². The van der Waals surface area contributed by atoms with Crippen molar-refractivity contribution in [2.45, 2.75) is 17.7 Å². The van der Waals surface area contributed by atoms with E-state index in [-0.39, 0.29) is 35.3 Å². The standard InChI is InChI=1S/C27H25FN4O5S/c28-19-7-8-21-22(16-32(25(21)15-19)38(36,37)20-4-2-1-3-5-20)18-6-9-23(29)24(14-18)30-26(33)17-10-12-31(13-11-17)27(34)35/h1-9,14-17H,10-13,29H2,(H,30,33)(H,34,35). The molecule has 3 aromatic carbocycles. The number of piperidine rings is 1. The number of rotatable bonds is 5. The zero-order valence-electron chi connectivity index (χ0n) is 20.2. The van der Waals surface area contributed by atoms with Gasteiger partial charge in [0.05, 0.1) is 21.8 Å². The molecule has 0 radical (unpaired) electrons. The number of fused-ring (bicyclic) bond motifs is 1. The molecule has 2 amide bonds. The van der Waals surface area contributed by atoms with Crippen LogP contribution in [0, 0.1) is 11.7 Å². The van der Waals surface area contributed by atoms with Gasteiger partial charge in [-0.2, -0.15) is 0 Å². The summed E-state index contributed by atoms with van der Waals surface area (Å²) < 4.78 is 42.1. The minimum Gasteiger partial charge on any atom is -0.465 e. The predicted molar refractivity (Wildman–Crippen MR) is 142 cm³/mol. The largest absolute Gasteiger partial charge is 0.465 e. The molecule has 0 saturated carbocycles. The number of nitrogens with two attached hydrogens (primary N) is 1. The second-order valence-electron chi connectivity index (χ2n) is 9.15. The molecule has 11 heteroatoms. The third-order valence-corrected chi connectivity index (χ3v) is 8.48. The number of likely N-dealkylation sites (tertiary alicyclic amines) is 1. The van der Waals surface area contributed by atoms with Gasteiger partial charge < -0.3 is 21.1 Å². The molecule has 4 N–H and O–H groups in total. The minimum absolute atomic E-state index is 0.0620. The number of hydrogen-bond acceptors (Lipinski definition) is 5. The quantitative estimate of drug-likeness (QED) is 0.319. The lowest BCUT2D eigenvalue weighted by Gasteiger charge is -2.29. The van der Waals surface area contributed by atoms with Crippen molar-refractivity contribution < 1.29 is 27.5 Å². The van der Waals surface area contributed by atoms with Crippen LogP contribution in [0.2, 0.25) is 0 Å². The van der Waals surface area contributed by atoms with E-state index in [1.54, 1.807) is 36.4 Å². The monoisotopic (exact) mass is 536 g/mol. The van der Waals surface area contributed by atoms with Gasteiger partial charge in [0.2, 0.25) is 5.91 Å². The first-order chi connectivity index (χ1) is 18.1. The summed E-state index contributed by atoms with van der Waals surface area (Å²) in [6.45, 7) is 0.545. The molecule has 5 rings (SSSR count). The first-order valence-electron chi connectivity index (χ1n) is 11.9. The van der Waals surface area contributed by atoms with E-state index in [1.807, 2.05) is 0 Å². The van der Waals surface area contributed by atoms with Gasteiger partial charge in [-0.05, 0) is 60.9 Å². The lowest BCUT2D eigenvalue weighted by Crippen LogP contribution is -2.40. The minimum atomic E-state index is -4.02. The van der Waals surface area contributed by atoms with Crippen molar-refractivity contribution in [1.29, 1.82) is 0 Å². The number of carbonyl (C=O) groups excluding carboxylic acids is 1. The molecular formula is C27H25FN4O5S. The number of halogens is 1. The van der Waals surface area contributed by atoms with Crippen molar-refractivity contribution in [3.63, 3.8) is 0 Å². The van der Waals surface area contributed by atoms with E-state index in [4.69, 9.17) is 10.8 Å². The van der Waals surface area contributed by atoms with Crippen molar-refractivity contribution in [1.82, 2.24) is 8.87 Å². The maximum absolute atomic E-state index is 14.2. The van der Waals surface area contributed by atoms with Gasteiger partial charge in [-0.25, -0.2) is 21.6 Å². The fourth-order valence-corrected chi connectivity index (χ4v) is 6.09. The van der Waals surface area contributed by atoms with Gasteiger partial charge in [0.1, 0.15) is 5.82 Å². The Morgan fingerprint density at radius 1 is 1.00 bits per heavy atom. The van der Waals surface area contributed by atoms with Crippen LogP contribution in [0.5, 0.6) is 0 Å². The summed E-state index contributed by atoms with van der Waals surface area (Å²) in [4.78, 5) is 25.4. The van der Waals surface area contributed by atoms with Crippen LogP contribution in [-0.4, -0.2) is 47.5 Å². The van der Waals surface area contributed by atoms with Crippen molar-refractivity contribution in [2.75, 3.05) is 24.1 Å². The van der Waals surface area contributed by atoms with E-state index in [0.29, 0.717) is 40.7 Å². The van der Waals surface area contributed by atoms with Crippen LogP contribution in [-0.2, 0) is 14.8 Å². The number of nitrogens with zero attached hydrogens (tertiary/aromatic N) is 2. The maximum Gasteiger partial charge on any atom is 0.407 e. The lowest BCUT2D eigenvalue weighted by atomic mass is 9.96. The Kier molecular flexibility index (Phi) is 6.53. The number of hydrogen-bond donors (Lipinski definition) is 3. The Balaban J connectivity index is 1.51. The van der Waals surface area contributed by atoms with Gasteiger partial charge in [0, 0.05) is 36.2 Å². The number of amides is 2. The molecule has 1 saturated heterocycles. The third-order valence-electron chi connectivity index (χ3n) is 6.79. The van der Waals surface area contributed by atoms with E-state index in [1.165, 1.54) is 41.4 Å². The van der Waals surface area contributed by atoms with Crippen LogP contribution in [0.15, 0.2) is 77.8 Å². The van der Waals surface area contributed by atoms with Gasteiger partial charge in [0.15, 0.2) is 0 Å². The van der Waals surface area contributed by atoms with E-state index in [0.717, 1.165) is 3.97 Å². The van der Waals surface area contributed by atoms with Gasteiger partial charge in [0.25, 0.3) is 10.0 Å². The van der Waals surface area contributed by atoms with Gasteiger partial charge >= 0.3 is 6.09 Å². The van der Waals surface area contributed by atoms with Crippen LogP contribution in [0.1, 0.15) is 12.8 Å². The second-order valence-corrected chi connectivity index (χ2v) is 11.0. The summed E-state index contributed by atoms with van der Waals surface area (Å²) >= 11 is 0. The van der Waals surface area contributed by atoms with Gasteiger partial charge in [-0.3, -0.25) is 4.79 Å².